The normalized spacial score (nSPS) is 16.6. The number of carbonyl (C=O) groups excluding carboxylic acids is 2. The van der Waals surface area contributed by atoms with Crippen molar-refractivity contribution in [2.24, 2.45) is 5.73 Å². The van der Waals surface area contributed by atoms with Crippen LogP contribution in [0.2, 0.25) is 0 Å². The predicted octanol–water partition coefficient (Wildman–Crippen LogP) is 0.109. The summed E-state index contributed by atoms with van der Waals surface area (Å²) in [6, 6.07) is 4.43. The lowest BCUT2D eigenvalue weighted by atomic mass is 10.1. The third-order valence-electron chi connectivity index (χ3n) is 4.87. The Balaban J connectivity index is 2.12. The lowest BCUT2D eigenvalue weighted by Crippen LogP contribution is -2.56. The maximum atomic E-state index is 13.1. The number of nitrogens with two attached hydrogens (primary N) is 1. The number of halogens is 1. The lowest BCUT2D eigenvalue weighted by Gasteiger charge is -2.37. The van der Waals surface area contributed by atoms with Crippen molar-refractivity contribution in [3.8, 4) is 0 Å². The number of likely N-dealkylation sites (N-methyl/N-ethyl adjacent to an activating group) is 1. The van der Waals surface area contributed by atoms with E-state index in [1.54, 1.807) is 4.90 Å². The number of benzene rings is 1. The first-order valence-electron chi connectivity index (χ1n) is 9.12. The number of carbonyl (C=O) groups is 2. The fourth-order valence-electron chi connectivity index (χ4n) is 3.18. The first kappa shape index (κ1) is 22.3. The molecule has 10 heteroatoms. The molecule has 0 unspecified atom stereocenters. The SMILES string of the molecule is CN(C(=O)c1ccc(F)cc1)[C@@H](CCCN)C(=O)N1CCN(S(C)(=O)=O)CC1. The Morgan fingerprint density at radius 1 is 1.18 bits per heavy atom. The Bertz CT molecular complexity index is 792. The third-order valence-corrected chi connectivity index (χ3v) is 6.17. The second-order valence-corrected chi connectivity index (χ2v) is 8.84. The Morgan fingerprint density at radius 3 is 2.25 bits per heavy atom. The minimum atomic E-state index is -3.30. The fraction of sp³-hybridized carbons (Fsp3) is 0.556. The van der Waals surface area contributed by atoms with Crippen molar-refractivity contribution in [1.29, 1.82) is 0 Å². The van der Waals surface area contributed by atoms with E-state index < -0.39 is 21.9 Å². The van der Waals surface area contributed by atoms with Crippen molar-refractivity contribution < 1.29 is 22.4 Å². The van der Waals surface area contributed by atoms with Crippen LogP contribution in [0.5, 0.6) is 0 Å². The smallest absolute Gasteiger partial charge is 0.254 e. The summed E-state index contributed by atoms with van der Waals surface area (Å²) in [4.78, 5) is 28.7. The molecule has 0 spiro atoms. The van der Waals surface area contributed by atoms with Crippen LogP contribution in [0.3, 0.4) is 0 Å². The Hall–Kier alpha value is -2.04. The van der Waals surface area contributed by atoms with Crippen LogP contribution in [-0.2, 0) is 14.8 Å². The van der Waals surface area contributed by atoms with E-state index in [-0.39, 0.29) is 43.6 Å². The van der Waals surface area contributed by atoms with Crippen LogP contribution < -0.4 is 5.73 Å². The number of rotatable bonds is 7. The summed E-state index contributed by atoms with van der Waals surface area (Å²) in [6.07, 6.45) is 2.09. The zero-order valence-electron chi connectivity index (χ0n) is 16.2. The summed E-state index contributed by atoms with van der Waals surface area (Å²) in [5, 5.41) is 0. The molecule has 1 saturated heterocycles. The van der Waals surface area contributed by atoms with Crippen LogP contribution in [0.15, 0.2) is 24.3 Å². The first-order valence-corrected chi connectivity index (χ1v) is 11.0. The van der Waals surface area contributed by atoms with Crippen molar-refractivity contribution in [1.82, 2.24) is 14.1 Å². The zero-order chi connectivity index (χ0) is 20.9. The molecule has 0 saturated carbocycles. The summed E-state index contributed by atoms with van der Waals surface area (Å²) in [5.74, 6) is -1.07. The van der Waals surface area contributed by atoms with Gasteiger partial charge in [-0.15, -0.1) is 0 Å². The van der Waals surface area contributed by atoms with Gasteiger partial charge in [-0.05, 0) is 43.7 Å². The van der Waals surface area contributed by atoms with E-state index in [0.717, 1.165) is 6.26 Å². The van der Waals surface area contributed by atoms with Gasteiger partial charge in [0.05, 0.1) is 6.26 Å². The van der Waals surface area contributed by atoms with Crippen molar-refractivity contribution in [2.75, 3.05) is 46.0 Å². The van der Waals surface area contributed by atoms with Gasteiger partial charge in [0.25, 0.3) is 5.91 Å². The summed E-state index contributed by atoms with van der Waals surface area (Å²) >= 11 is 0. The molecule has 1 heterocycles. The first-order chi connectivity index (χ1) is 13.1. The van der Waals surface area contributed by atoms with E-state index in [9.17, 15) is 22.4 Å². The number of hydrogen-bond acceptors (Lipinski definition) is 5. The quantitative estimate of drug-likeness (QED) is 0.682. The summed E-state index contributed by atoms with van der Waals surface area (Å²) in [7, 11) is -1.76. The van der Waals surface area contributed by atoms with Gasteiger partial charge < -0.3 is 15.5 Å². The molecule has 1 aliphatic heterocycles. The highest BCUT2D eigenvalue weighted by Gasteiger charge is 2.33. The highest BCUT2D eigenvalue weighted by molar-refractivity contribution is 7.88. The van der Waals surface area contributed by atoms with Gasteiger partial charge in [-0.1, -0.05) is 0 Å². The molecule has 0 bridgehead atoms. The van der Waals surface area contributed by atoms with Gasteiger partial charge in [0.1, 0.15) is 11.9 Å². The molecule has 1 fully saturated rings. The molecule has 2 N–H and O–H groups in total. The van der Waals surface area contributed by atoms with Crippen LogP contribution in [0, 0.1) is 5.82 Å². The van der Waals surface area contributed by atoms with Crippen LogP contribution in [0.4, 0.5) is 4.39 Å². The Labute approximate surface area is 165 Å². The van der Waals surface area contributed by atoms with Gasteiger partial charge >= 0.3 is 0 Å². The molecule has 156 valence electrons. The number of hydrogen-bond donors (Lipinski definition) is 1. The molecular formula is C18H27FN4O4S. The molecule has 0 aromatic heterocycles. The predicted molar refractivity (Wildman–Crippen MR) is 104 cm³/mol. The van der Waals surface area contributed by atoms with Gasteiger partial charge in [-0.3, -0.25) is 9.59 Å². The van der Waals surface area contributed by atoms with Crippen LogP contribution in [-0.4, -0.2) is 86.4 Å². The zero-order valence-corrected chi connectivity index (χ0v) is 17.0. The van der Waals surface area contributed by atoms with E-state index >= 15 is 0 Å². The standard InChI is InChI=1S/C18H27FN4O4S/c1-21(17(24)14-5-7-15(19)8-6-14)16(4-3-9-20)18(25)22-10-12-23(13-11-22)28(2,26)27/h5-8,16H,3-4,9-13,20H2,1-2H3/t16-/m0/s1. The van der Waals surface area contributed by atoms with E-state index in [1.807, 2.05) is 0 Å². The van der Waals surface area contributed by atoms with E-state index in [0.29, 0.717) is 19.4 Å². The molecule has 28 heavy (non-hydrogen) atoms. The van der Waals surface area contributed by atoms with Crippen LogP contribution >= 0.6 is 0 Å². The molecule has 0 aliphatic carbocycles. The van der Waals surface area contributed by atoms with Gasteiger partial charge in [-0.25, -0.2) is 12.8 Å². The second kappa shape index (κ2) is 9.44. The van der Waals surface area contributed by atoms with Crippen molar-refractivity contribution in [3.05, 3.63) is 35.6 Å². The van der Waals surface area contributed by atoms with Crippen LogP contribution in [0.1, 0.15) is 23.2 Å². The molecule has 1 aromatic rings. The van der Waals surface area contributed by atoms with Crippen molar-refractivity contribution >= 4 is 21.8 Å². The second-order valence-electron chi connectivity index (χ2n) is 6.86. The molecule has 2 rings (SSSR count). The van der Waals surface area contributed by atoms with Crippen molar-refractivity contribution in [3.63, 3.8) is 0 Å². The van der Waals surface area contributed by atoms with Gasteiger partial charge in [-0.2, -0.15) is 4.31 Å². The number of sulfonamides is 1. The van der Waals surface area contributed by atoms with Gasteiger partial charge in [0, 0.05) is 38.8 Å². The van der Waals surface area contributed by atoms with Gasteiger partial charge in [0.15, 0.2) is 0 Å². The Kier molecular flexibility index (Phi) is 7.50. The highest BCUT2D eigenvalue weighted by Crippen LogP contribution is 2.16. The topological polar surface area (TPSA) is 104 Å². The third kappa shape index (κ3) is 5.49. The van der Waals surface area contributed by atoms with Crippen molar-refractivity contribution in [2.45, 2.75) is 18.9 Å². The van der Waals surface area contributed by atoms with Gasteiger partial charge in [0.2, 0.25) is 15.9 Å². The highest BCUT2D eigenvalue weighted by atomic mass is 32.2. The van der Waals surface area contributed by atoms with E-state index in [4.69, 9.17) is 5.73 Å². The molecule has 1 atom stereocenters. The monoisotopic (exact) mass is 414 g/mol. The van der Waals surface area contributed by atoms with E-state index in [1.165, 1.54) is 40.5 Å². The minimum absolute atomic E-state index is 0.226. The number of amides is 2. The summed E-state index contributed by atoms with van der Waals surface area (Å²) in [6.45, 7) is 1.37. The molecule has 1 aromatic carbocycles. The molecule has 1 aliphatic rings. The fourth-order valence-corrected chi connectivity index (χ4v) is 4.01. The summed E-state index contributed by atoms with van der Waals surface area (Å²) in [5.41, 5.74) is 5.87. The number of nitrogens with zero attached hydrogens (tertiary/aromatic N) is 3. The largest absolute Gasteiger partial charge is 0.338 e. The Morgan fingerprint density at radius 2 is 1.75 bits per heavy atom. The van der Waals surface area contributed by atoms with E-state index in [2.05, 4.69) is 0 Å². The average molecular weight is 415 g/mol. The average Bonchev–Trinajstić information content (AvgIpc) is 2.67. The molecule has 0 radical (unpaired) electrons. The van der Waals surface area contributed by atoms with Crippen LogP contribution in [0.25, 0.3) is 0 Å². The molecule has 8 nitrogen and oxygen atoms in total. The molecule has 2 amide bonds. The molecular weight excluding hydrogens is 387 g/mol. The maximum Gasteiger partial charge on any atom is 0.254 e. The minimum Gasteiger partial charge on any atom is -0.338 e. The lowest BCUT2D eigenvalue weighted by molar-refractivity contribution is -0.137. The maximum absolute atomic E-state index is 13.1. The number of piperazine rings is 1. The summed E-state index contributed by atoms with van der Waals surface area (Å²) < 4.78 is 37.7.